The molecule has 9 nitrogen and oxygen atoms in total. The van der Waals surface area contributed by atoms with Crippen LogP contribution in [0.25, 0.3) is 0 Å². The minimum Gasteiger partial charge on any atom is -0.479 e. The fourth-order valence-corrected chi connectivity index (χ4v) is 3.31. The predicted octanol–water partition coefficient (Wildman–Crippen LogP) is 1.23. The minimum atomic E-state index is -2.78. The van der Waals surface area contributed by atoms with E-state index in [0.717, 1.165) is 31.7 Å². The molecule has 0 saturated carbocycles. The number of halogens is 2. The van der Waals surface area contributed by atoms with E-state index >= 15 is 0 Å². The molecule has 0 amide bonds. The average Bonchev–Trinajstić information content (AvgIpc) is 3.20. The lowest BCUT2D eigenvalue weighted by Crippen LogP contribution is -2.39. The number of aliphatic carboxylic acids is 2. The van der Waals surface area contributed by atoms with Crippen LogP contribution in [0, 0.1) is 11.8 Å². The van der Waals surface area contributed by atoms with E-state index in [-0.39, 0.29) is 5.75 Å². The summed E-state index contributed by atoms with van der Waals surface area (Å²) in [6.07, 6.45) is -3.35. The third kappa shape index (κ3) is 10.3. The molecular weight excluding hydrogens is 430 g/mol. The SMILES string of the molecule is CC(C)CN(Cc1ccccc1OC(F)F)C[C@@H]1CCNC1.O=C(O)[C@H](O)[C@@H](O)C(=O)O. The van der Waals surface area contributed by atoms with Gasteiger partial charge in [-0.3, -0.25) is 4.90 Å². The topological polar surface area (TPSA) is 140 Å². The third-order valence-corrected chi connectivity index (χ3v) is 4.69. The van der Waals surface area contributed by atoms with E-state index in [0.29, 0.717) is 18.4 Å². The highest BCUT2D eigenvalue weighted by molar-refractivity contribution is 5.83. The van der Waals surface area contributed by atoms with Crippen molar-refractivity contribution in [2.75, 3.05) is 26.2 Å². The van der Waals surface area contributed by atoms with Crippen LogP contribution < -0.4 is 10.1 Å². The number of hydrogen-bond donors (Lipinski definition) is 5. The van der Waals surface area contributed by atoms with Crippen LogP contribution in [0.5, 0.6) is 5.75 Å². The first kappa shape index (κ1) is 27.7. The maximum atomic E-state index is 12.5. The van der Waals surface area contributed by atoms with Gasteiger partial charge in [-0.25, -0.2) is 9.59 Å². The standard InChI is InChI=1S/C17H26F2N2O.C4H6O6/c1-13(2)10-21(11-14-7-8-20-9-14)12-15-5-3-4-6-16(15)22-17(18)19;5-1(3(7)8)2(6)4(9)10/h3-6,13-14,17,20H,7-12H2,1-2H3;1-2,5-6H,(H,7,8)(H,9,10)/t14-;1-,2-/m11/s1. The van der Waals surface area contributed by atoms with Gasteiger partial charge in [0.15, 0.2) is 12.2 Å². The number of nitrogens with one attached hydrogen (secondary N) is 1. The molecular formula is C21H32F2N2O7. The first-order valence-corrected chi connectivity index (χ1v) is 10.3. The highest BCUT2D eigenvalue weighted by Gasteiger charge is 2.29. The molecule has 1 aromatic rings. The van der Waals surface area contributed by atoms with Gasteiger partial charge in [0.05, 0.1) is 0 Å². The van der Waals surface area contributed by atoms with Gasteiger partial charge in [0, 0.05) is 25.2 Å². The molecule has 3 atom stereocenters. The molecule has 11 heteroatoms. The molecule has 1 aliphatic rings. The average molecular weight is 462 g/mol. The van der Waals surface area contributed by atoms with Crippen molar-refractivity contribution >= 4 is 11.9 Å². The Morgan fingerprint density at radius 1 is 1.16 bits per heavy atom. The van der Waals surface area contributed by atoms with Crippen LogP contribution in [-0.4, -0.2) is 82.3 Å². The van der Waals surface area contributed by atoms with E-state index < -0.39 is 30.8 Å². The number of rotatable bonds is 11. The van der Waals surface area contributed by atoms with Crippen LogP contribution in [0.1, 0.15) is 25.8 Å². The highest BCUT2D eigenvalue weighted by atomic mass is 19.3. The number of ether oxygens (including phenoxy) is 1. The quantitative estimate of drug-likeness (QED) is 0.328. The van der Waals surface area contributed by atoms with E-state index in [1.807, 2.05) is 12.1 Å². The van der Waals surface area contributed by atoms with Gasteiger partial charge in [0.2, 0.25) is 0 Å². The molecule has 2 rings (SSSR count). The van der Waals surface area contributed by atoms with E-state index in [2.05, 4.69) is 28.8 Å². The van der Waals surface area contributed by atoms with E-state index in [1.165, 1.54) is 6.42 Å². The van der Waals surface area contributed by atoms with Gasteiger partial charge in [-0.1, -0.05) is 32.0 Å². The van der Waals surface area contributed by atoms with Gasteiger partial charge in [0.25, 0.3) is 0 Å². The lowest BCUT2D eigenvalue weighted by atomic mass is 10.1. The minimum absolute atomic E-state index is 0.288. The highest BCUT2D eigenvalue weighted by Crippen LogP contribution is 2.23. The van der Waals surface area contributed by atoms with Gasteiger partial charge in [0.1, 0.15) is 5.75 Å². The van der Waals surface area contributed by atoms with Gasteiger partial charge >= 0.3 is 18.6 Å². The van der Waals surface area contributed by atoms with Crippen molar-refractivity contribution in [1.82, 2.24) is 10.2 Å². The Hall–Kier alpha value is -2.34. The number of carbonyl (C=O) groups is 2. The van der Waals surface area contributed by atoms with E-state index in [1.54, 1.807) is 12.1 Å². The number of aliphatic hydroxyl groups excluding tert-OH is 2. The van der Waals surface area contributed by atoms with Crippen LogP contribution in [-0.2, 0) is 16.1 Å². The Morgan fingerprint density at radius 3 is 2.22 bits per heavy atom. The lowest BCUT2D eigenvalue weighted by Gasteiger charge is -2.27. The Kier molecular flexibility index (Phi) is 12.1. The molecule has 32 heavy (non-hydrogen) atoms. The molecule has 0 unspecified atom stereocenters. The second kappa shape index (κ2) is 13.9. The number of para-hydroxylation sites is 1. The molecule has 1 heterocycles. The number of benzene rings is 1. The molecule has 0 bridgehead atoms. The summed E-state index contributed by atoms with van der Waals surface area (Å²) in [6, 6.07) is 7.09. The lowest BCUT2D eigenvalue weighted by molar-refractivity contribution is -0.165. The molecule has 1 saturated heterocycles. The van der Waals surface area contributed by atoms with Crippen molar-refractivity contribution in [2.24, 2.45) is 11.8 Å². The Morgan fingerprint density at radius 2 is 1.75 bits per heavy atom. The zero-order chi connectivity index (χ0) is 24.3. The largest absolute Gasteiger partial charge is 0.479 e. The zero-order valence-corrected chi connectivity index (χ0v) is 18.2. The van der Waals surface area contributed by atoms with Gasteiger partial charge < -0.3 is 30.5 Å². The van der Waals surface area contributed by atoms with Crippen LogP contribution >= 0.6 is 0 Å². The van der Waals surface area contributed by atoms with Crippen molar-refractivity contribution in [3.8, 4) is 5.75 Å². The zero-order valence-electron chi connectivity index (χ0n) is 18.2. The number of alkyl halides is 2. The summed E-state index contributed by atoms with van der Waals surface area (Å²) in [7, 11) is 0. The smallest absolute Gasteiger partial charge is 0.387 e. The van der Waals surface area contributed by atoms with Crippen molar-refractivity contribution in [1.29, 1.82) is 0 Å². The fraction of sp³-hybridized carbons (Fsp3) is 0.619. The third-order valence-electron chi connectivity index (χ3n) is 4.69. The summed E-state index contributed by atoms with van der Waals surface area (Å²) in [5.41, 5.74) is 0.828. The Balaban J connectivity index is 0.000000433. The first-order valence-electron chi connectivity index (χ1n) is 10.3. The summed E-state index contributed by atoms with van der Waals surface area (Å²) in [5.74, 6) is -2.07. The van der Waals surface area contributed by atoms with Gasteiger partial charge in [-0.2, -0.15) is 8.78 Å². The molecule has 182 valence electrons. The van der Waals surface area contributed by atoms with Gasteiger partial charge in [-0.05, 0) is 37.4 Å². The Labute approximate surface area is 185 Å². The van der Waals surface area contributed by atoms with Crippen LogP contribution in [0.4, 0.5) is 8.78 Å². The maximum absolute atomic E-state index is 12.5. The van der Waals surface area contributed by atoms with E-state index in [9.17, 15) is 18.4 Å². The number of aliphatic hydroxyl groups is 2. The fourth-order valence-electron chi connectivity index (χ4n) is 3.31. The summed E-state index contributed by atoms with van der Waals surface area (Å²) >= 11 is 0. The van der Waals surface area contributed by atoms with Crippen LogP contribution in [0.3, 0.4) is 0 Å². The monoisotopic (exact) mass is 462 g/mol. The molecule has 1 aromatic carbocycles. The molecule has 0 radical (unpaired) electrons. The first-order chi connectivity index (χ1) is 15.0. The number of carboxylic acid groups (broad SMARTS) is 2. The maximum Gasteiger partial charge on any atom is 0.387 e. The summed E-state index contributed by atoms with van der Waals surface area (Å²) in [4.78, 5) is 21.9. The molecule has 0 aromatic heterocycles. The summed E-state index contributed by atoms with van der Waals surface area (Å²) in [6.45, 7) is 6.31. The van der Waals surface area contributed by atoms with Crippen molar-refractivity contribution in [3.05, 3.63) is 29.8 Å². The van der Waals surface area contributed by atoms with Crippen molar-refractivity contribution in [2.45, 2.75) is 45.6 Å². The molecule has 1 aliphatic heterocycles. The molecule has 5 N–H and O–H groups in total. The van der Waals surface area contributed by atoms with Crippen LogP contribution in [0.15, 0.2) is 24.3 Å². The summed E-state index contributed by atoms with van der Waals surface area (Å²) < 4.78 is 29.7. The van der Waals surface area contributed by atoms with Crippen LogP contribution in [0.2, 0.25) is 0 Å². The number of nitrogens with zero attached hydrogens (tertiary/aromatic N) is 1. The second-order valence-electron chi connectivity index (χ2n) is 8.00. The second-order valence-corrected chi connectivity index (χ2v) is 8.00. The normalized spacial score (nSPS) is 17.7. The number of hydrogen-bond acceptors (Lipinski definition) is 7. The molecule has 0 spiro atoms. The van der Waals surface area contributed by atoms with Crippen molar-refractivity contribution in [3.63, 3.8) is 0 Å². The Bertz CT molecular complexity index is 697. The van der Waals surface area contributed by atoms with E-state index in [4.69, 9.17) is 20.4 Å². The number of carboxylic acids is 2. The predicted molar refractivity (Wildman–Crippen MR) is 111 cm³/mol. The summed E-state index contributed by atoms with van der Waals surface area (Å²) in [5, 5.41) is 35.9. The molecule has 1 fully saturated rings. The van der Waals surface area contributed by atoms with Gasteiger partial charge in [-0.15, -0.1) is 0 Å². The molecule has 0 aliphatic carbocycles. The van der Waals surface area contributed by atoms with Crippen molar-refractivity contribution < 1.29 is 43.5 Å².